The van der Waals surface area contributed by atoms with Gasteiger partial charge in [0.1, 0.15) is 0 Å². The number of hydrogen-bond donors (Lipinski definition) is 1. The summed E-state index contributed by atoms with van der Waals surface area (Å²) in [4.78, 5) is 0. The smallest absolute Gasteiger partial charge is 0.0940 e. The standard InChI is InChI=1S/C10H23NO/c1-4-7-10(5-2,6-3)8-12-9-11/h4-9,11H2,1-3H3. The van der Waals surface area contributed by atoms with Crippen molar-refractivity contribution in [2.45, 2.75) is 46.5 Å². The lowest BCUT2D eigenvalue weighted by atomic mass is 9.79. The van der Waals surface area contributed by atoms with Gasteiger partial charge in [0, 0.05) is 0 Å². The zero-order valence-corrected chi connectivity index (χ0v) is 8.73. The average Bonchev–Trinajstić information content (AvgIpc) is 2.13. The number of ether oxygens (including phenoxy) is 1. The van der Waals surface area contributed by atoms with Gasteiger partial charge in [-0.15, -0.1) is 0 Å². The first-order valence-corrected chi connectivity index (χ1v) is 5.02. The maximum atomic E-state index is 5.32. The summed E-state index contributed by atoms with van der Waals surface area (Å²) in [5.41, 5.74) is 5.70. The molecule has 2 nitrogen and oxygen atoms in total. The molecule has 0 radical (unpaired) electrons. The maximum Gasteiger partial charge on any atom is 0.0940 e. The fourth-order valence-electron chi connectivity index (χ4n) is 1.69. The van der Waals surface area contributed by atoms with Gasteiger partial charge in [0.05, 0.1) is 13.3 Å². The van der Waals surface area contributed by atoms with Crippen molar-refractivity contribution < 1.29 is 4.74 Å². The van der Waals surface area contributed by atoms with Gasteiger partial charge in [-0.3, -0.25) is 0 Å². The molecular weight excluding hydrogens is 150 g/mol. The quantitative estimate of drug-likeness (QED) is 0.600. The van der Waals surface area contributed by atoms with Crippen molar-refractivity contribution in [2.24, 2.45) is 11.1 Å². The molecule has 74 valence electrons. The van der Waals surface area contributed by atoms with Crippen LogP contribution >= 0.6 is 0 Å². The van der Waals surface area contributed by atoms with Crippen LogP contribution in [0.15, 0.2) is 0 Å². The molecule has 0 bridgehead atoms. The van der Waals surface area contributed by atoms with Gasteiger partial charge in [-0.2, -0.15) is 0 Å². The summed E-state index contributed by atoms with van der Waals surface area (Å²) in [6.45, 7) is 7.87. The van der Waals surface area contributed by atoms with Gasteiger partial charge < -0.3 is 10.5 Å². The molecule has 0 fully saturated rings. The highest BCUT2D eigenvalue weighted by molar-refractivity contribution is 4.75. The first kappa shape index (κ1) is 11.9. The molecule has 0 heterocycles. The van der Waals surface area contributed by atoms with E-state index in [1.165, 1.54) is 25.7 Å². The molecular formula is C10H23NO. The Morgan fingerprint density at radius 1 is 1.17 bits per heavy atom. The molecule has 0 amide bonds. The molecule has 0 saturated heterocycles. The van der Waals surface area contributed by atoms with E-state index in [-0.39, 0.29) is 0 Å². The van der Waals surface area contributed by atoms with Crippen molar-refractivity contribution in [3.63, 3.8) is 0 Å². The summed E-state index contributed by atoms with van der Waals surface area (Å²) in [7, 11) is 0. The van der Waals surface area contributed by atoms with Gasteiger partial charge >= 0.3 is 0 Å². The predicted molar refractivity (Wildman–Crippen MR) is 52.9 cm³/mol. The monoisotopic (exact) mass is 173 g/mol. The normalized spacial score (nSPS) is 12.0. The van der Waals surface area contributed by atoms with E-state index in [4.69, 9.17) is 10.5 Å². The van der Waals surface area contributed by atoms with Crippen LogP contribution in [0.5, 0.6) is 0 Å². The minimum atomic E-state index is 0.353. The third kappa shape index (κ3) is 3.55. The Kier molecular flexibility index (Phi) is 6.39. The van der Waals surface area contributed by atoms with Crippen LogP contribution in [0.4, 0.5) is 0 Å². The third-order valence-electron chi connectivity index (χ3n) is 2.81. The van der Waals surface area contributed by atoms with Gasteiger partial charge in [0.15, 0.2) is 0 Å². The number of nitrogens with two attached hydrogens (primary N) is 1. The molecule has 0 unspecified atom stereocenters. The van der Waals surface area contributed by atoms with Crippen LogP contribution < -0.4 is 5.73 Å². The van der Waals surface area contributed by atoms with E-state index in [1.807, 2.05) is 0 Å². The zero-order chi connectivity index (χ0) is 9.45. The van der Waals surface area contributed by atoms with E-state index >= 15 is 0 Å². The van der Waals surface area contributed by atoms with Crippen molar-refractivity contribution in [1.29, 1.82) is 0 Å². The van der Waals surface area contributed by atoms with Gasteiger partial charge in [-0.05, 0) is 24.7 Å². The van der Waals surface area contributed by atoms with E-state index in [2.05, 4.69) is 20.8 Å². The van der Waals surface area contributed by atoms with Crippen LogP contribution in [0.3, 0.4) is 0 Å². The van der Waals surface area contributed by atoms with Crippen LogP contribution in [0.1, 0.15) is 46.5 Å². The van der Waals surface area contributed by atoms with Crippen LogP contribution in [0, 0.1) is 5.41 Å². The van der Waals surface area contributed by atoms with Crippen molar-refractivity contribution in [3.8, 4) is 0 Å². The highest BCUT2D eigenvalue weighted by atomic mass is 16.5. The molecule has 2 N–H and O–H groups in total. The third-order valence-corrected chi connectivity index (χ3v) is 2.81. The maximum absolute atomic E-state index is 5.32. The molecule has 2 heteroatoms. The van der Waals surface area contributed by atoms with Crippen LogP contribution in [-0.2, 0) is 4.74 Å². The second kappa shape index (κ2) is 6.44. The number of hydrogen-bond acceptors (Lipinski definition) is 2. The fraction of sp³-hybridized carbons (Fsp3) is 1.00. The molecule has 0 aliphatic carbocycles. The van der Waals surface area contributed by atoms with Crippen molar-refractivity contribution >= 4 is 0 Å². The highest BCUT2D eigenvalue weighted by Gasteiger charge is 2.24. The molecule has 0 aliphatic rings. The van der Waals surface area contributed by atoms with E-state index in [9.17, 15) is 0 Å². The molecule has 0 aromatic heterocycles. The lowest BCUT2D eigenvalue weighted by Gasteiger charge is -2.30. The molecule has 0 saturated carbocycles. The lowest BCUT2D eigenvalue weighted by molar-refractivity contribution is 0.0351. The summed E-state index contributed by atoms with van der Waals surface area (Å²) in [5.74, 6) is 0. The number of rotatable bonds is 7. The van der Waals surface area contributed by atoms with Crippen LogP contribution in [0.2, 0.25) is 0 Å². The summed E-state index contributed by atoms with van der Waals surface area (Å²) in [5, 5.41) is 0. The van der Waals surface area contributed by atoms with E-state index < -0.39 is 0 Å². The Morgan fingerprint density at radius 3 is 2.08 bits per heavy atom. The van der Waals surface area contributed by atoms with Gasteiger partial charge in [0.2, 0.25) is 0 Å². The molecule has 12 heavy (non-hydrogen) atoms. The Balaban J connectivity index is 3.95. The largest absolute Gasteiger partial charge is 0.366 e. The van der Waals surface area contributed by atoms with Crippen molar-refractivity contribution in [2.75, 3.05) is 13.3 Å². The van der Waals surface area contributed by atoms with E-state index in [1.54, 1.807) is 0 Å². The average molecular weight is 173 g/mol. The van der Waals surface area contributed by atoms with E-state index in [0.29, 0.717) is 12.1 Å². The first-order valence-electron chi connectivity index (χ1n) is 5.02. The summed E-state index contributed by atoms with van der Waals surface area (Å²) < 4.78 is 5.31. The second-order valence-corrected chi connectivity index (χ2v) is 3.47. The minimum absolute atomic E-state index is 0.353. The van der Waals surface area contributed by atoms with E-state index in [0.717, 1.165) is 6.61 Å². The summed E-state index contributed by atoms with van der Waals surface area (Å²) >= 11 is 0. The van der Waals surface area contributed by atoms with Crippen LogP contribution in [-0.4, -0.2) is 13.3 Å². The zero-order valence-electron chi connectivity index (χ0n) is 8.73. The van der Waals surface area contributed by atoms with Gasteiger partial charge in [0.25, 0.3) is 0 Å². The molecule has 0 aromatic rings. The fourth-order valence-corrected chi connectivity index (χ4v) is 1.69. The molecule has 0 aliphatic heterocycles. The van der Waals surface area contributed by atoms with Gasteiger partial charge in [-0.1, -0.05) is 27.2 Å². The highest BCUT2D eigenvalue weighted by Crippen LogP contribution is 2.31. The first-order chi connectivity index (χ1) is 5.74. The summed E-state index contributed by atoms with van der Waals surface area (Å²) in [6, 6.07) is 0. The van der Waals surface area contributed by atoms with Gasteiger partial charge in [-0.25, -0.2) is 0 Å². The van der Waals surface area contributed by atoms with Crippen molar-refractivity contribution in [1.82, 2.24) is 0 Å². The predicted octanol–water partition coefficient (Wildman–Crippen LogP) is 2.53. The molecule has 0 rings (SSSR count). The SMILES string of the molecule is CCCC(CC)(CC)COCN. The molecule has 0 atom stereocenters. The Morgan fingerprint density at radius 2 is 1.75 bits per heavy atom. The topological polar surface area (TPSA) is 35.2 Å². The van der Waals surface area contributed by atoms with Crippen LogP contribution in [0.25, 0.3) is 0 Å². The Bertz CT molecular complexity index is 100. The Labute approximate surface area is 76.5 Å². The molecule has 0 aromatic carbocycles. The second-order valence-electron chi connectivity index (χ2n) is 3.47. The molecule has 0 spiro atoms. The lowest BCUT2D eigenvalue weighted by Crippen LogP contribution is -2.27. The minimum Gasteiger partial charge on any atom is -0.366 e. The van der Waals surface area contributed by atoms with Crippen molar-refractivity contribution in [3.05, 3.63) is 0 Å². The Hall–Kier alpha value is -0.0800. The summed E-state index contributed by atoms with van der Waals surface area (Å²) in [6.07, 6.45) is 4.87.